The van der Waals surface area contributed by atoms with Crippen LogP contribution in [0.15, 0.2) is 12.1 Å². The van der Waals surface area contributed by atoms with Gasteiger partial charge in [-0.25, -0.2) is 0 Å². The van der Waals surface area contributed by atoms with E-state index in [-0.39, 0.29) is 6.04 Å². The van der Waals surface area contributed by atoms with E-state index >= 15 is 0 Å². The number of phenolic OH excluding ortho intramolecular Hbond substituents is 1. The summed E-state index contributed by atoms with van der Waals surface area (Å²) in [5, 5.41) is 12.9. The summed E-state index contributed by atoms with van der Waals surface area (Å²) in [6.07, 6.45) is 0. The molecule has 0 heterocycles. The van der Waals surface area contributed by atoms with Crippen LogP contribution >= 0.6 is 22.6 Å². The van der Waals surface area contributed by atoms with Crippen molar-refractivity contribution < 1.29 is 5.11 Å². The lowest BCUT2D eigenvalue weighted by molar-refractivity contribution is 0.453. The predicted molar refractivity (Wildman–Crippen MR) is 63.0 cm³/mol. The van der Waals surface area contributed by atoms with Crippen molar-refractivity contribution in [3.63, 3.8) is 0 Å². The van der Waals surface area contributed by atoms with E-state index in [0.717, 1.165) is 14.7 Å². The van der Waals surface area contributed by atoms with Gasteiger partial charge < -0.3 is 10.4 Å². The molecular weight excluding hydrogens is 277 g/mol. The van der Waals surface area contributed by atoms with Gasteiger partial charge in [-0.2, -0.15) is 0 Å². The molecule has 0 radical (unpaired) electrons. The molecule has 0 aliphatic heterocycles. The zero-order valence-corrected chi connectivity index (χ0v) is 10.2. The Balaban J connectivity index is 3.20. The van der Waals surface area contributed by atoms with Gasteiger partial charge in [0, 0.05) is 15.2 Å². The van der Waals surface area contributed by atoms with Crippen LogP contribution < -0.4 is 5.32 Å². The molecule has 13 heavy (non-hydrogen) atoms. The smallest absolute Gasteiger partial charge is 0.123 e. The molecule has 0 saturated carbocycles. The van der Waals surface area contributed by atoms with Crippen molar-refractivity contribution in [1.29, 1.82) is 0 Å². The van der Waals surface area contributed by atoms with Gasteiger partial charge in [0.05, 0.1) is 0 Å². The number of aromatic hydroxyl groups is 1. The molecule has 0 aromatic heterocycles. The zero-order chi connectivity index (χ0) is 10.0. The molecule has 1 aromatic rings. The lowest BCUT2D eigenvalue weighted by atomic mass is 10.0. The summed E-state index contributed by atoms with van der Waals surface area (Å²) in [5.41, 5.74) is 1.90. The van der Waals surface area contributed by atoms with E-state index in [0.29, 0.717) is 5.75 Å². The first kappa shape index (κ1) is 10.8. The van der Waals surface area contributed by atoms with E-state index in [1.807, 2.05) is 33.0 Å². The first-order valence-corrected chi connectivity index (χ1v) is 5.30. The van der Waals surface area contributed by atoms with E-state index in [9.17, 15) is 5.11 Å². The van der Waals surface area contributed by atoms with Crippen LogP contribution in [-0.4, -0.2) is 12.2 Å². The molecule has 0 unspecified atom stereocenters. The third kappa shape index (κ3) is 2.34. The second kappa shape index (κ2) is 4.28. The fourth-order valence-electron chi connectivity index (χ4n) is 1.25. The van der Waals surface area contributed by atoms with Gasteiger partial charge in [-0.05, 0) is 61.2 Å². The highest BCUT2D eigenvalue weighted by Gasteiger charge is 2.10. The lowest BCUT2D eigenvalue weighted by Gasteiger charge is -2.14. The number of hydrogen-bond acceptors (Lipinski definition) is 2. The molecular formula is C10H14INO. The minimum Gasteiger partial charge on any atom is -0.507 e. The lowest BCUT2D eigenvalue weighted by Crippen LogP contribution is -2.12. The normalized spacial score (nSPS) is 12.9. The highest BCUT2D eigenvalue weighted by molar-refractivity contribution is 14.1. The van der Waals surface area contributed by atoms with Crippen LogP contribution in [0.2, 0.25) is 0 Å². The van der Waals surface area contributed by atoms with Crippen LogP contribution in [0.3, 0.4) is 0 Å². The van der Waals surface area contributed by atoms with E-state index in [1.165, 1.54) is 0 Å². The molecule has 0 amide bonds. The van der Waals surface area contributed by atoms with Gasteiger partial charge >= 0.3 is 0 Å². The Labute approximate surface area is 92.5 Å². The SMILES string of the molecule is CN[C@H](C)c1cc(I)cc(C)c1O. The molecule has 0 aliphatic carbocycles. The van der Waals surface area contributed by atoms with E-state index < -0.39 is 0 Å². The maximum absolute atomic E-state index is 9.78. The van der Waals surface area contributed by atoms with E-state index in [4.69, 9.17) is 0 Å². The average Bonchev–Trinajstić information content (AvgIpc) is 2.10. The fraction of sp³-hybridized carbons (Fsp3) is 0.400. The summed E-state index contributed by atoms with van der Waals surface area (Å²) in [6, 6.07) is 4.17. The summed E-state index contributed by atoms with van der Waals surface area (Å²) in [4.78, 5) is 0. The van der Waals surface area contributed by atoms with Crippen molar-refractivity contribution >= 4 is 22.6 Å². The number of phenols is 1. The van der Waals surface area contributed by atoms with Gasteiger partial charge in [0.1, 0.15) is 5.75 Å². The fourth-order valence-corrected chi connectivity index (χ4v) is 2.05. The van der Waals surface area contributed by atoms with Crippen LogP contribution in [0.25, 0.3) is 0 Å². The van der Waals surface area contributed by atoms with Crippen LogP contribution in [0, 0.1) is 10.5 Å². The minimum absolute atomic E-state index is 0.188. The topological polar surface area (TPSA) is 32.3 Å². The Morgan fingerprint density at radius 3 is 2.62 bits per heavy atom. The molecule has 0 bridgehead atoms. The average molecular weight is 291 g/mol. The van der Waals surface area contributed by atoms with Gasteiger partial charge in [0.2, 0.25) is 0 Å². The molecule has 1 atom stereocenters. The first-order valence-electron chi connectivity index (χ1n) is 4.22. The molecule has 0 saturated heterocycles. The standard InChI is InChI=1S/C10H14INO/c1-6-4-8(11)5-9(10(6)13)7(2)12-3/h4-5,7,12-13H,1-3H3/t7-/m1/s1. The van der Waals surface area contributed by atoms with Crippen molar-refractivity contribution in [2.75, 3.05) is 7.05 Å². The van der Waals surface area contributed by atoms with Gasteiger partial charge in [0.15, 0.2) is 0 Å². The number of rotatable bonds is 2. The molecule has 2 N–H and O–H groups in total. The molecule has 0 fully saturated rings. The Hall–Kier alpha value is -0.290. The van der Waals surface area contributed by atoms with Gasteiger partial charge in [0.25, 0.3) is 0 Å². The zero-order valence-electron chi connectivity index (χ0n) is 8.06. The largest absolute Gasteiger partial charge is 0.507 e. The summed E-state index contributed by atoms with van der Waals surface area (Å²) in [6.45, 7) is 3.95. The third-order valence-electron chi connectivity index (χ3n) is 2.19. The number of nitrogens with one attached hydrogen (secondary N) is 1. The second-order valence-corrected chi connectivity index (χ2v) is 4.42. The number of halogens is 1. The second-order valence-electron chi connectivity index (χ2n) is 3.17. The minimum atomic E-state index is 0.188. The number of benzene rings is 1. The molecule has 1 rings (SSSR count). The summed E-state index contributed by atoms with van der Waals surface area (Å²) in [5.74, 6) is 0.405. The number of hydrogen-bond donors (Lipinski definition) is 2. The van der Waals surface area contributed by atoms with Gasteiger partial charge in [-0.1, -0.05) is 0 Å². The Morgan fingerprint density at radius 2 is 2.08 bits per heavy atom. The van der Waals surface area contributed by atoms with Crippen LogP contribution in [0.4, 0.5) is 0 Å². The van der Waals surface area contributed by atoms with Crippen molar-refractivity contribution in [1.82, 2.24) is 5.32 Å². The molecule has 0 spiro atoms. The Bertz CT molecular complexity index is 312. The molecule has 3 heteroatoms. The van der Waals surface area contributed by atoms with Gasteiger partial charge in [-0.3, -0.25) is 0 Å². The van der Waals surface area contributed by atoms with Crippen molar-refractivity contribution in [3.8, 4) is 5.75 Å². The van der Waals surface area contributed by atoms with Crippen molar-refractivity contribution in [2.24, 2.45) is 0 Å². The summed E-state index contributed by atoms with van der Waals surface area (Å²) >= 11 is 2.26. The molecule has 0 aliphatic rings. The molecule has 1 aromatic carbocycles. The van der Waals surface area contributed by atoms with E-state index in [2.05, 4.69) is 27.9 Å². The van der Waals surface area contributed by atoms with Crippen LogP contribution in [-0.2, 0) is 0 Å². The Morgan fingerprint density at radius 1 is 1.46 bits per heavy atom. The predicted octanol–water partition coefficient (Wildman–Crippen LogP) is 2.59. The van der Waals surface area contributed by atoms with E-state index in [1.54, 1.807) is 0 Å². The van der Waals surface area contributed by atoms with Crippen LogP contribution in [0.1, 0.15) is 24.1 Å². The monoisotopic (exact) mass is 291 g/mol. The van der Waals surface area contributed by atoms with Crippen molar-refractivity contribution in [3.05, 3.63) is 26.8 Å². The summed E-state index contributed by atoms with van der Waals surface area (Å²) < 4.78 is 1.16. The Kier molecular flexibility index (Phi) is 3.55. The highest BCUT2D eigenvalue weighted by Crippen LogP contribution is 2.29. The highest BCUT2D eigenvalue weighted by atomic mass is 127. The molecule has 2 nitrogen and oxygen atoms in total. The van der Waals surface area contributed by atoms with Crippen molar-refractivity contribution in [2.45, 2.75) is 19.9 Å². The maximum Gasteiger partial charge on any atom is 0.123 e. The summed E-state index contributed by atoms with van der Waals surface area (Å²) in [7, 11) is 1.89. The van der Waals surface area contributed by atoms with Gasteiger partial charge in [-0.15, -0.1) is 0 Å². The first-order chi connectivity index (χ1) is 6.06. The third-order valence-corrected chi connectivity index (χ3v) is 2.82. The number of aryl methyl sites for hydroxylation is 1. The molecule has 72 valence electrons. The van der Waals surface area contributed by atoms with Crippen LogP contribution in [0.5, 0.6) is 5.75 Å². The quantitative estimate of drug-likeness (QED) is 0.821. The maximum atomic E-state index is 9.78.